The monoisotopic (exact) mass is 500 g/mol. The van der Waals surface area contributed by atoms with Gasteiger partial charge in [-0.15, -0.1) is 0 Å². The number of sulfonamides is 1. The fourth-order valence-corrected chi connectivity index (χ4v) is 5.66. The Labute approximate surface area is 196 Å². The van der Waals surface area contributed by atoms with Gasteiger partial charge >= 0.3 is 6.18 Å². The van der Waals surface area contributed by atoms with Gasteiger partial charge in [0.15, 0.2) is 0 Å². The number of piperidine rings is 1. The molecule has 0 bridgehead atoms. The van der Waals surface area contributed by atoms with Crippen molar-refractivity contribution in [3.63, 3.8) is 0 Å². The second kappa shape index (κ2) is 10.2. The Bertz CT molecular complexity index is 1140. The maximum Gasteiger partial charge on any atom is 0.417 e. The van der Waals surface area contributed by atoms with Crippen molar-refractivity contribution in [2.24, 2.45) is 7.05 Å². The van der Waals surface area contributed by atoms with Gasteiger partial charge in [-0.25, -0.2) is 8.42 Å². The molecule has 0 radical (unpaired) electrons. The summed E-state index contributed by atoms with van der Waals surface area (Å²) in [6.45, 7) is 1.23. The predicted molar refractivity (Wildman–Crippen MR) is 118 cm³/mol. The number of alkyl halides is 3. The van der Waals surface area contributed by atoms with E-state index in [1.165, 1.54) is 13.0 Å². The molecule has 0 saturated carbocycles. The van der Waals surface area contributed by atoms with Crippen LogP contribution in [0, 0.1) is 0 Å². The molecule has 1 saturated heterocycles. The average Bonchev–Trinajstić information content (AvgIpc) is 3.17. The van der Waals surface area contributed by atoms with Crippen molar-refractivity contribution >= 4 is 21.8 Å². The van der Waals surface area contributed by atoms with Crippen LogP contribution in [0.4, 0.5) is 13.2 Å². The fourth-order valence-electron chi connectivity index (χ4n) is 3.98. The third kappa shape index (κ3) is 5.98. The minimum Gasteiger partial charge on any atom is -0.354 e. The van der Waals surface area contributed by atoms with Gasteiger partial charge in [-0.3, -0.25) is 9.59 Å². The van der Waals surface area contributed by atoms with Gasteiger partial charge in [-0.2, -0.15) is 17.5 Å². The maximum absolute atomic E-state index is 13.3. The van der Waals surface area contributed by atoms with Gasteiger partial charge in [-0.05, 0) is 37.1 Å². The second-order valence-corrected chi connectivity index (χ2v) is 10.2. The van der Waals surface area contributed by atoms with E-state index in [9.17, 15) is 31.2 Å². The summed E-state index contributed by atoms with van der Waals surface area (Å²) in [5.41, 5.74) is -0.359. The summed E-state index contributed by atoms with van der Waals surface area (Å²) >= 11 is 0. The molecule has 1 aliphatic heterocycles. The molecule has 1 aromatic heterocycles. The van der Waals surface area contributed by atoms with E-state index >= 15 is 0 Å². The number of halogens is 3. The number of rotatable bonds is 7. The highest BCUT2D eigenvalue weighted by molar-refractivity contribution is 7.89. The van der Waals surface area contributed by atoms with Crippen LogP contribution in [0.25, 0.3) is 0 Å². The highest BCUT2D eigenvalue weighted by Crippen LogP contribution is 2.35. The van der Waals surface area contributed by atoms with Gasteiger partial charge in [0.2, 0.25) is 21.8 Å². The minimum atomic E-state index is -4.80. The molecule has 2 heterocycles. The van der Waals surface area contributed by atoms with E-state index in [-0.39, 0.29) is 44.3 Å². The molecule has 2 aromatic rings. The van der Waals surface area contributed by atoms with Crippen LogP contribution in [-0.4, -0.2) is 54.3 Å². The Kier molecular flexibility index (Phi) is 7.71. The molecule has 3 rings (SSSR count). The number of hydrogen-bond acceptors (Lipinski definition) is 4. The van der Waals surface area contributed by atoms with Crippen molar-refractivity contribution in [2.75, 3.05) is 13.1 Å². The Morgan fingerprint density at radius 3 is 2.32 bits per heavy atom. The van der Waals surface area contributed by atoms with Crippen LogP contribution in [0.2, 0.25) is 0 Å². The Morgan fingerprint density at radius 2 is 1.76 bits per heavy atom. The second-order valence-electron chi connectivity index (χ2n) is 8.25. The molecule has 0 spiro atoms. The van der Waals surface area contributed by atoms with Crippen molar-refractivity contribution < 1.29 is 31.2 Å². The molecule has 1 aromatic carbocycles. The van der Waals surface area contributed by atoms with E-state index in [0.717, 1.165) is 28.2 Å². The summed E-state index contributed by atoms with van der Waals surface area (Å²) in [7, 11) is -2.53. The number of aromatic nitrogens is 1. The fraction of sp³-hybridized carbons (Fsp3) is 0.455. The van der Waals surface area contributed by atoms with Gasteiger partial charge in [0.25, 0.3) is 0 Å². The van der Waals surface area contributed by atoms with Crippen LogP contribution in [0.5, 0.6) is 0 Å². The van der Waals surface area contributed by atoms with Crippen molar-refractivity contribution in [1.29, 1.82) is 0 Å². The van der Waals surface area contributed by atoms with Crippen molar-refractivity contribution in [2.45, 2.75) is 49.3 Å². The highest BCUT2D eigenvalue weighted by Gasteiger charge is 2.40. The van der Waals surface area contributed by atoms with E-state index in [0.29, 0.717) is 0 Å². The summed E-state index contributed by atoms with van der Waals surface area (Å²) in [6, 6.07) is 6.57. The number of aryl methyl sites for hydroxylation is 1. The summed E-state index contributed by atoms with van der Waals surface area (Å²) in [5, 5.41) is 5.47. The molecular formula is C22H27F3N4O4S. The van der Waals surface area contributed by atoms with E-state index in [2.05, 4.69) is 10.6 Å². The minimum absolute atomic E-state index is 0.0396. The summed E-state index contributed by atoms with van der Waals surface area (Å²) < 4.78 is 68.6. The largest absolute Gasteiger partial charge is 0.417 e. The van der Waals surface area contributed by atoms with Gasteiger partial charge in [0.1, 0.15) is 6.04 Å². The Morgan fingerprint density at radius 1 is 1.12 bits per heavy atom. The molecule has 2 N–H and O–H groups in total. The number of carbonyl (C=O) groups is 2. The molecule has 186 valence electrons. The SMILES string of the molecule is CC(=O)NC(Cc1cccn1C)C(=O)NC1CCN(S(=O)(=O)c2ccccc2C(F)(F)F)CC1. The normalized spacial score (nSPS) is 16.7. The predicted octanol–water partition coefficient (Wildman–Crippen LogP) is 2.06. The van der Waals surface area contributed by atoms with Gasteiger partial charge < -0.3 is 15.2 Å². The molecule has 1 unspecified atom stereocenters. The first-order valence-corrected chi connectivity index (χ1v) is 12.2. The number of hydrogen-bond donors (Lipinski definition) is 2. The third-order valence-corrected chi connectivity index (χ3v) is 7.73. The number of carbonyl (C=O) groups excluding carboxylic acids is 2. The summed E-state index contributed by atoms with van der Waals surface area (Å²) in [6.07, 6.45) is -2.24. The van der Waals surface area contributed by atoms with E-state index in [4.69, 9.17) is 0 Å². The molecule has 1 aliphatic rings. The topological polar surface area (TPSA) is 101 Å². The zero-order valence-electron chi connectivity index (χ0n) is 18.8. The quantitative estimate of drug-likeness (QED) is 0.608. The lowest BCUT2D eigenvalue weighted by Crippen LogP contribution is -2.53. The standard InChI is InChI=1S/C22H27F3N4O4S/c1-15(30)26-19(14-17-6-5-11-28(17)2)21(31)27-16-9-12-29(13-10-16)34(32,33)20-8-4-3-7-18(20)22(23,24)25/h3-8,11,16,19H,9-10,12-14H2,1-2H3,(H,26,30)(H,27,31). The smallest absolute Gasteiger partial charge is 0.354 e. The van der Waals surface area contributed by atoms with Crippen LogP contribution in [0.1, 0.15) is 31.0 Å². The zero-order chi connectivity index (χ0) is 25.1. The summed E-state index contributed by atoms with van der Waals surface area (Å²) in [4.78, 5) is 23.7. The Hall–Kier alpha value is -2.86. The van der Waals surface area contributed by atoms with Gasteiger partial charge in [-0.1, -0.05) is 12.1 Å². The highest BCUT2D eigenvalue weighted by atomic mass is 32.2. The molecule has 34 heavy (non-hydrogen) atoms. The number of benzene rings is 1. The molecule has 12 heteroatoms. The van der Waals surface area contributed by atoms with Crippen molar-refractivity contribution in [1.82, 2.24) is 19.5 Å². The molecular weight excluding hydrogens is 473 g/mol. The number of amides is 2. The van der Waals surface area contributed by atoms with Crippen LogP contribution in [-0.2, 0) is 39.3 Å². The molecule has 8 nitrogen and oxygen atoms in total. The average molecular weight is 501 g/mol. The first-order chi connectivity index (χ1) is 15.9. The van der Waals surface area contributed by atoms with Gasteiger partial charge in [0, 0.05) is 51.4 Å². The van der Waals surface area contributed by atoms with E-state index < -0.39 is 38.6 Å². The number of nitrogens with zero attached hydrogens (tertiary/aromatic N) is 2. The van der Waals surface area contributed by atoms with Crippen LogP contribution in [0.3, 0.4) is 0 Å². The lowest BCUT2D eigenvalue weighted by Gasteiger charge is -2.33. The maximum atomic E-state index is 13.3. The summed E-state index contributed by atoms with van der Waals surface area (Å²) in [5.74, 6) is -0.765. The molecule has 1 fully saturated rings. The third-order valence-electron chi connectivity index (χ3n) is 5.77. The lowest BCUT2D eigenvalue weighted by atomic mass is 10.0. The molecule has 2 amide bonds. The van der Waals surface area contributed by atoms with Crippen LogP contribution < -0.4 is 10.6 Å². The lowest BCUT2D eigenvalue weighted by molar-refractivity contribution is -0.140. The first kappa shape index (κ1) is 25.8. The van der Waals surface area contributed by atoms with E-state index in [1.807, 2.05) is 29.9 Å². The molecule has 1 atom stereocenters. The first-order valence-electron chi connectivity index (χ1n) is 10.7. The van der Waals surface area contributed by atoms with Crippen LogP contribution >= 0.6 is 0 Å². The van der Waals surface area contributed by atoms with E-state index in [1.54, 1.807) is 0 Å². The zero-order valence-corrected chi connectivity index (χ0v) is 19.6. The van der Waals surface area contributed by atoms with Crippen molar-refractivity contribution in [3.05, 3.63) is 53.9 Å². The van der Waals surface area contributed by atoms with Crippen molar-refractivity contribution in [3.8, 4) is 0 Å². The van der Waals surface area contributed by atoms with Gasteiger partial charge in [0.05, 0.1) is 10.5 Å². The Balaban J connectivity index is 1.65. The van der Waals surface area contributed by atoms with Crippen LogP contribution in [0.15, 0.2) is 47.5 Å². The number of nitrogens with one attached hydrogen (secondary N) is 2. The molecule has 0 aliphatic carbocycles.